The van der Waals surface area contributed by atoms with Crippen molar-refractivity contribution < 1.29 is 4.74 Å². The summed E-state index contributed by atoms with van der Waals surface area (Å²) in [7, 11) is 0. The van der Waals surface area contributed by atoms with E-state index in [0.29, 0.717) is 16.5 Å². The van der Waals surface area contributed by atoms with Crippen molar-refractivity contribution in [2.75, 3.05) is 5.32 Å². The number of hydrogen-bond acceptors (Lipinski definition) is 5. The fourth-order valence-corrected chi connectivity index (χ4v) is 3.39. The van der Waals surface area contributed by atoms with Crippen molar-refractivity contribution in [1.82, 2.24) is 19.7 Å². The summed E-state index contributed by atoms with van der Waals surface area (Å²) in [5, 5.41) is 9.33. The summed E-state index contributed by atoms with van der Waals surface area (Å²) in [5.41, 5.74) is 3.43. The molecule has 0 saturated heterocycles. The van der Waals surface area contributed by atoms with Crippen molar-refractivity contribution in [3.63, 3.8) is 0 Å². The summed E-state index contributed by atoms with van der Waals surface area (Å²) >= 11 is 6.29. The van der Waals surface area contributed by atoms with Gasteiger partial charge >= 0.3 is 0 Å². The molecule has 31 heavy (non-hydrogen) atoms. The van der Waals surface area contributed by atoms with Gasteiger partial charge in [-0.15, -0.1) is 0 Å². The van der Waals surface area contributed by atoms with E-state index in [0.717, 1.165) is 33.8 Å². The van der Waals surface area contributed by atoms with Gasteiger partial charge < -0.3 is 10.1 Å². The van der Waals surface area contributed by atoms with Gasteiger partial charge in [-0.3, -0.25) is 0 Å². The highest BCUT2D eigenvalue weighted by Crippen LogP contribution is 2.28. The molecule has 0 radical (unpaired) electrons. The standard InChI is InChI=1S/C24H18ClN5O/c1-16-7-10-18(13-22(16)25)30-24-21(14-28-30)23(26-15-27-24)29-17-8-11-20(12-9-17)31-19-5-3-2-4-6-19/h2-15H,1H3,(H,26,27,29). The number of halogens is 1. The first kappa shape index (κ1) is 19.1. The van der Waals surface area contributed by atoms with Crippen LogP contribution in [-0.4, -0.2) is 19.7 Å². The van der Waals surface area contributed by atoms with Crippen LogP contribution in [0.15, 0.2) is 85.3 Å². The van der Waals surface area contributed by atoms with Crippen LogP contribution in [0.2, 0.25) is 5.02 Å². The lowest BCUT2D eigenvalue weighted by Crippen LogP contribution is -2.00. The van der Waals surface area contributed by atoms with E-state index in [4.69, 9.17) is 16.3 Å². The predicted octanol–water partition coefficient (Wildman–Crippen LogP) is 6.31. The van der Waals surface area contributed by atoms with Crippen LogP contribution in [0.3, 0.4) is 0 Å². The second kappa shape index (κ2) is 8.08. The zero-order valence-corrected chi connectivity index (χ0v) is 17.4. The molecular formula is C24H18ClN5O. The fourth-order valence-electron chi connectivity index (χ4n) is 3.21. The van der Waals surface area contributed by atoms with Gasteiger partial charge in [-0.05, 0) is 61.0 Å². The predicted molar refractivity (Wildman–Crippen MR) is 123 cm³/mol. The number of rotatable bonds is 5. The molecule has 7 heteroatoms. The van der Waals surface area contributed by atoms with Crippen LogP contribution in [0.1, 0.15) is 5.56 Å². The highest BCUT2D eigenvalue weighted by atomic mass is 35.5. The number of hydrogen-bond donors (Lipinski definition) is 1. The number of benzene rings is 3. The third kappa shape index (κ3) is 3.93. The summed E-state index contributed by atoms with van der Waals surface area (Å²) in [5.74, 6) is 2.23. The zero-order chi connectivity index (χ0) is 21.2. The Morgan fingerprint density at radius 3 is 2.45 bits per heavy atom. The molecular weight excluding hydrogens is 410 g/mol. The van der Waals surface area contributed by atoms with E-state index in [1.807, 2.05) is 79.7 Å². The molecule has 0 aliphatic rings. The molecule has 1 N–H and O–H groups in total. The molecule has 0 saturated carbocycles. The molecule has 0 atom stereocenters. The first-order valence-electron chi connectivity index (χ1n) is 9.73. The summed E-state index contributed by atoms with van der Waals surface area (Å²) < 4.78 is 7.60. The summed E-state index contributed by atoms with van der Waals surface area (Å²) in [6.45, 7) is 1.97. The maximum absolute atomic E-state index is 6.29. The number of ether oxygens (including phenoxy) is 1. The normalized spacial score (nSPS) is 10.9. The first-order valence-corrected chi connectivity index (χ1v) is 10.1. The topological polar surface area (TPSA) is 64.9 Å². The average Bonchev–Trinajstić information content (AvgIpc) is 3.23. The molecule has 0 unspecified atom stereocenters. The van der Waals surface area contributed by atoms with Gasteiger partial charge in [0, 0.05) is 10.7 Å². The number of aryl methyl sites for hydroxylation is 1. The van der Waals surface area contributed by atoms with Crippen LogP contribution < -0.4 is 10.1 Å². The van der Waals surface area contributed by atoms with Crippen molar-refractivity contribution in [2.45, 2.75) is 6.92 Å². The van der Waals surface area contributed by atoms with E-state index < -0.39 is 0 Å². The maximum Gasteiger partial charge on any atom is 0.168 e. The Morgan fingerprint density at radius 1 is 0.903 bits per heavy atom. The number of fused-ring (bicyclic) bond motifs is 1. The highest BCUT2D eigenvalue weighted by molar-refractivity contribution is 6.31. The Balaban J connectivity index is 1.41. The molecule has 0 fully saturated rings. The van der Waals surface area contributed by atoms with Crippen molar-refractivity contribution in [3.05, 3.63) is 95.9 Å². The van der Waals surface area contributed by atoms with Crippen LogP contribution in [0.5, 0.6) is 11.5 Å². The Hall–Kier alpha value is -3.90. The van der Waals surface area contributed by atoms with Crippen molar-refractivity contribution in [2.24, 2.45) is 0 Å². The number of nitrogens with one attached hydrogen (secondary N) is 1. The molecule has 2 heterocycles. The Bertz CT molecular complexity index is 1350. The van der Waals surface area contributed by atoms with Gasteiger partial charge in [-0.1, -0.05) is 35.9 Å². The smallest absolute Gasteiger partial charge is 0.168 e. The van der Waals surface area contributed by atoms with Gasteiger partial charge in [0.05, 0.1) is 17.3 Å². The van der Waals surface area contributed by atoms with Crippen LogP contribution in [0.25, 0.3) is 16.7 Å². The fraction of sp³-hybridized carbons (Fsp3) is 0.0417. The Kier molecular flexibility index (Phi) is 4.98. The Labute approximate surface area is 184 Å². The lowest BCUT2D eigenvalue weighted by Gasteiger charge is -2.09. The number of anilines is 2. The maximum atomic E-state index is 6.29. The summed E-state index contributed by atoms with van der Waals surface area (Å²) in [6.07, 6.45) is 3.27. The van der Waals surface area contributed by atoms with Gasteiger partial charge in [0.15, 0.2) is 5.65 Å². The van der Waals surface area contributed by atoms with Gasteiger partial charge in [0.2, 0.25) is 0 Å². The van der Waals surface area contributed by atoms with Crippen molar-refractivity contribution in [1.29, 1.82) is 0 Å². The van der Waals surface area contributed by atoms with E-state index in [1.54, 1.807) is 10.9 Å². The molecule has 152 valence electrons. The van der Waals surface area contributed by atoms with E-state index in [-0.39, 0.29) is 0 Å². The van der Waals surface area contributed by atoms with Crippen LogP contribution in [0, 0.1) is 6.92 Å². The Morgan fingerprint density at radius 2 is 1.68 bits per heavy atom. The van der Waals surface area contributed by atoms with Crippen molar-refractivity contribution >= 4 is 34.1 Å². The molecule has 5 aromatic rings. The zero-order valence-electron chi connectivity index (χ0n) is 16.7. The SMILES string of the molecule is Cc1ccc(-n2ncc3c(Nc4ccc(Oc5ccccc5)cc4)ncnc32)cc1Cl. The second-order valence-electron chi connectivity index (χ2n) is 7.01. The largest absolute Gasteiger partial charge is 0.457 e. The van der Waals surface area contributed by atoms with Gasteiger partial charge in [-0.2, -0.15) is 5.10 Å². The number of para-hydroxylation sites is 1. The highest BCUT2D eigenvalue weighted by Gasteiger charge is 2.12. The molecule has 0 amide bonds. The molecule has 5 rings (SSSR count). The third-order valence-electron chi connectivity index (χ3n) is 4.86. The molecule has 0 aliphatic carbocycles. The van der Waals surface area contributed by atoms with Gasteiger partial charge in [0.25, 0.3) is 0 Å². The van der Waals surface area contributed by atoms with E-state index in [9.17, 15) is 0 Å². The average molecular weight is 428 g/mol. The second-order valence-corrected chi connectivity index (χ2v) is 7.42. The molecule has 0 spiro atoms. The van der Waals surface area contributed by atoms with Gasteiger partial charge in [0.1, 0.15) is 23.6 Å². The van der Waals surface area contributed by atoms with Crippen LogP contribution in [0.4, 0.5) is 11.5 Å². The van der Waals surface area contributed by atoms with Crippen molar-refractivity contribution in [3.8, 4) is 17.2 Å². The monoisotopic (exact) mass is 427 g/mol. The quantitative estimate of drug-likeness (QED) is 0.356. The minimum atomic E-state index is 0.672. The molecule has 3 aromatic carbocycles. The summed E-state index contributed by atoms with van der Waals surface area (Å²) in [4.78, 5) is 8.82. The number of nitrogens with zero attached hydrogens (tertiary/aromatic N) is 4. The molecule has 6 nitrogen and oxygen atoms in total. The summed E-state index contributed by atoms with van der Waals surface area (Å²) in [6, 6.07) is 23.2. The first-order chi connectivity index (χ1) is 15.2. The lowest BCUT2D eigenvalue weighted by molar-refractivity contribution is 0.483. The molecule has 0 aliphatic heterocycles. The van der Waals surface area contributed by atoms with Gasteiger partial charge in [-0.25, -0.2) is 14.6 Å². The number of aromatic nitrogens is 4. The minimum Gasteiger partial charge on any atom is -0.457 e. The van der Waals surface area contributed by atoms with E-state index in [1.165, 1.54) is 6.33 Å². The van der Waals surface area contributed by atoms with Crippen LogP contribution >= 0.6 is 11.6 Å². The minimum absolute atomic E-state index is 0.672. The molecule has 2 aromatic heterocycles. The third-order valence-corrected chi connectivity index (χ3v) is 5.27. The lowest BCUT2D eigenvalue weighted by atomic mass is 10.2. The molecule has 0 bridgehead atoms. The van der Waals surface area contributed by atoms with E-state index in [2.05, 4.69) is 20.4 Å². The van der Waals surface area contributed by atoms with Crippen LogP contribution in [-0.2, 0) is 0 Å². The van der Waals surface area contributed by atoms with E-state index >= 15 is 0 Å².